The van der Waals surface area contributed by atoms with Crippen LogP contribution in [0.15, 0.2) is 20.0 Å². The molecule has 0 spiro atoms. The Bertz CT molecular complexity index is 566. The number of rotatable bonds is 6. The van der Waals surface area contributed by atoms with Crippen LogP contribution in [0.4, 0.5) is 0 Å². The van der Waals surface area contributed by atoms with Gasteiger partial charge in [-0.05, 0) is 40.3 Å². The fourth-order valence-electron chi connectivity index (χ4n) is 2.07. The molecule has 2 rings (SSSR count). The Morgan fingerprint density at radius 2 is 2.10 bits per heavy atom. The van der Waals surface area contributed by atoms with Crippen molar-refractivity contribution in [1.82, 2.24) is 10.0 Å². The Hall–Kier alpha value is -0.0200. The highest BCUT2D eigenvalue weighted by molar-refractivity contribution is 9.10. The molecule has 0 saturated carbocycles. The summed E-state index contributed by atoms with van der Waals surface area (Å²) in [6.45, 7) is 4.56. The van der Waals surface area contributed by atoms with Gasteiger partial charge in [0.2, 0.25) is 10.0 Å². The lowest BCUT2D eigenvalue weighted by molar-refractivity contribution is 0.446. The molecular formula is C13H21BrN2O3S2. The average molecular weight is 397 g/mol. The van der Waals surface area contributed by atoms with Gasteiger partial charge in [0.25, 0.3) is 0 Å². The summed E-state index contributed by atoms with van der Waals surface area (Å²) < 4.78 is 33.4. The fourth-order valence-corrected chi connectivity index (χ4v) is 5.48. The van der Waals surface area contributed by atoms with Crippen LogP contribution in [0.1, 0.15) is 32.4 Å². The van der Waals surface area contributed by atoms with Crippen LogP contribution < -0.4 is 10.0 Å². The zero-order valence-corrected chi connectivity index (χ0v) is 15.4. The molecule has 5 nitrogen and oxygen atoms in total. The molecule has 2 heterocycles. The molecule has 1 aliphatic rings. The Morgan fingerprint density at radius 3 is 2.71 bits per heavy atom. The first-order chi connectivity index (χ1) is 9.88. The van der Waals surface area contributed by atoms with Gasteiger partial charge < -0.3 is 9.73 Å². The summed E-state index contributed by atoms with van der Waals surface area (Å²) >= 11 is 5.07. The largest absolute Gasteiger partial charge is 0.452 e. The van der Waals surface area contributed by atoms with Gasteiger partial charge in [0.15, 0.2) is 4.67 Å². The minimum absolute atomic E-state index is 0.0234. The van der Waals surface area contributed by atoms with Crippen molar-refractivity contribution in [2.24, 2.45) is 0 Å². The Labute approximate surface area is 138 Å². The van der Waals surface area contributed by atoms with Gasteiger partial charge in [0.05, 0.1) is 6.54 Å². The molecule has 0 aromatic carbocycles. The van der Waals surface area contributed by atoms with E-state index >= 15 is 0 Å². The Kier molecular flexibility index (Phi) is 6.19. The maximum atomic E-state index is 12.4. The van der Waals surface area contributed by atoms with Crippen LogP contribution >= 0.6 is 27.7 Å². The summed E-state index contributed by atoms with van der Waals surface area (Å²) in [6, 6.07) is 1.92. The Balaban J connectivity index is 2.08. The van der Waals surface area contributed by atoms with E-state index in [1.807, 2.05) is 25.6 Å². The van der Waals surface area contributed by atoms with E-state index < -0.39 is 10.0 Å². The number of thioether (sulfide) groups is 1. The minimum atomic E-state index is -3.54. The van der Waals surface area contributed by atoms with E-state index in [9.17, 15) is 8.42 Å². The summed E-state index contributed by atoms with van der Waals surface area (Å²) in [5.74, 6) is 2.61. The second-order valence-electron chi connectivity index (χ2n) is 5.39. The molecule has 2 N–H and O–H groups in total. The molecule has 8 heteroatoms. The molecule has 0 bridgehead atoms. The lowest BCUT2D eigenvalue weighted by Crippen LogP contribution is -2.37. The minimum Gasteiger partial charge on any atom is -0.452 e. The first-order valence-corrected chi connectivity index (χ1v) is 10.4. The lowest BCUT2D eigenvalue weighted by atomic mass is 10.2. The standard InChI is InChI=1S/C13H21BrN2O3S2/c1-9(2)15-8-11-7-12(13(14)19-11)21(17,18)16-10-3-5-20-6-4-10/h7,9-10,15-16H,3-6,8H2,1-2H3. The smallest absolute Gasteiger partial charge is 0.245 e. The molecular weight excluding hydrogens is 376 g/mol. The van der Waals surface area contributed by atoms with Gasteiger partial charge in [-0.15, -0.1) is 0 Å². The number of sulfonamides is 1. The van der Waals surface area contributed by atoms with Crippen molar-refractivity contribution >= 4 is 37.7 Å². The second-order valence-corrected chi connectivity index (χ2v) is 9.02. The summed E-state index contributed by atoms with van der Waals surface area (Å²) in [6.07, 6.45) is 1.75. The van der Waals surface area contributed by atoms with Gasteiger partial charge in [-0.2, -0.15) is 11.8 Å². The average Bonchev–Trinajstić information content (AvgIpc) is 2.79. The van der Waals surface area contributed by atoms with Crippen molar-refractivity contribution in [3.63, 3.8) is 0 Å². The van der Waals surface area contributed by atoms with Gasteiger partial charge in [-0.25, -0.2) is 13.1 Å². The fraction of sp³-hybridized carbons (Fsp3) is 0.692. The zero-order chi connectivity index (χ0) is 15.5. The third-order valence-electron chi connectivity index (χ3n) is 3.22. The van der Waals surface area contributed by atoms with Crippen LogP contribution in [0.2, 0.25) is 0 Å². The Morgan fingerprint density at radius 1 is 1.43 bits per heavy atom. The normalized spacial score (nSPS) is 17.5. The first-order valence-electron chi connectivity index (χ1n) is 7.00. The number of furan rings is 1. The first kappa shape index (κ1) is 17.3. The molecule has 120 valence electrons. The van der Waals surface area contributed by atoms with Crippen LogP contribution in [0.3, 0.4) is 0 Å². The molecule has 1 aliphatic heterocycles. The van der Waals surface area contributed by atoms with Crippen LogP contribution in [0.25, 0.3) is 0 Å². The van der Waals surface area contributed by atoms with Gasteiger partial charge in [-0.3, -0.25) is 0 Å². The molecule has 0 radical (unpaired) electrons. The van der Waals surface area contributed by atoms with Crippen molar-refractivity contribution in [3.05, 3.63) is 16.5 Å². The zero-order valence-electron chi connectivity index (χ0n) is 12.2. The van der Waals surface area contributed by atoms with E-state index in [0.29, 0.717) is 18.3 Å². The van der Waals surface area contributed by atoms with Gasteiger partial charge in [0.1, 0.15) is 10.7 Å². The number of hydrogen-bond donors (Lipinski definition) is 2. The topological polar surface area (TPSA) is 71.3 Å². The summed E-state index contributed by atoms with van der Waals surface area (Å²) in [5, 5.41) is 3.20. The molecule has 1 saturated heterocycles. The summed E-state index contributed by atoms with van der Waals surface area (Å²) in [7, 11) is -3.54. The predicted octanol–water partition coefficient (Wildman–Crippen LogP) is 2.71. The summed E-state index contributed by atoms with van der Waals surface area (Å²) in [4.78, 5) is 0.182. The number of nitrogens with one attached hydrogen (secondary N) is 2. The highest BCUT2D eigenvalue weighted by Crippen LogP contribution is 2.27. The maximum absolute atomic E-state index is 12.4. The van der Waals surface area contributed by atoms with Crippen LogP contribution in [0.5, 0.6) is 0 Å². The molecule has 21 heavy (non-hydrogen) atoms. The van der Waals surface area contributed by atoms with Crippen molar-refractivity contribution in [2.75, 3.05) is 11.5 Å². The van der Waals surface area contributed by atoms with E-state index in [-0.39, 0.29) is 15.6 Å². The SMILES string of the molecule is CC(C)NCc1cc(S(=O)(=O)NC2CCSCC2)c(Br)o1. The quantitative estimate of drug-likeness (QED) is 0.773. The van der Waals surface area contributed by atoms with E-state index in [1.54, 1.807) is 6.07 Å². The van der Waals surface area contributed by atoms with Crippen LogP contribution in [0, 0.1) is 0 Å². The third kappa shape index (κ3) is 4.99. The molecule has 0 amide bonds. The molecule has 0 unspecified atom stereocenters. The van der Waals surface area contributed by atoms with Crippen LogP contribution in [-0.2, 0) is 16.6 Å². The summed E-state index contributed by atoms with van der Waals surface area (Å²) in [5.41, 5.74) is 0. The van der Waals surface area contributed by atoms with Crippen molar-refractivity contribution in [3.8, 4) is 0 Å². The molecule has 0 atom stereocenters. The van der Waals surface area contributed by atoms with Crippen molar-refractivity contribution < 1.29 is 12.8 Å². The highest BCUT2D eigenvalue weighted by Gasteiger charge is 2.26. The van der Waals surface area contributed by atoms with E-state index in [0.717, 1.165) is 24.3 Å². The molecule has 1 fully saturated rings. The van der Waals surface area contributed by atoms with Gasteiger partial charge in [-0.1, -0.05) is 13.8 Å². The number of halogens is 1. The van der Waals surface area contributed by atoms with E-state index in [4.69, 9.17) is 4.42 Å². The molecule has 0 aliphatic carbocycles. The van der Waals surface area contributed by atoms with Gasteiger partial charge >= 0.3 is 0 Å². The predicted molar refractivity (Wildman–Crippen MR) is 89.1 cm³/mol. The highest BCUT2D eigenvalue weighted by atomic mass is 79.9. The van der Waals surface area contributed by atoms with E-state index in [2.05, 4.69) is 26.0 Å². The monoisotopic (exact) mass is 396 g/mol. The van der Waals surface area contributed by atoms with Crippen molar-refractivity contribution in [2.45, 2.75) is 50.2 Å². The second kappa shape index (κ2) is 7.50. The number of hydrogen-bond acceptors (Lipinski definition) is 5. The maximum Gasteiger partial charge on any atom is 0.245 e. The van der Waals surface area contributed by atoms with Gasteiger partial charge in [0, 0.05) is 18.2 Å². The van der Waals surface area contributed by atoms with Crippen LogP contribution in [-0.4, -0.2) is 32.0 Å². The molecule has 1 aromatic rings. The third-order valence-corrected chi connectivity index (χ3v) is 6.65. The lowest BCUT2D eigenvalue weighted by Gasteiger charge is -2.21. The van der Waals surface area contributed by atoms with E-state index in [1.165, 1.54) is 0 Å². The molecule has 1 aromatic heterocycles. The van der Waals surface area contributed by atoms with Crippen molar-refractivity contribution in [1.29, 1.82) is 0 Å².